The molecule has 2 heterocycles. The second-order valence-corrected chi connectivity index (χ2v) is 7.90. The largest absolute Gasteiger partial charge is 0.375 e. The zero-order valence-electron chi connectivity index (χ0n) is 17.9. The van der Waals surface area contributed by atoms with Crippen molar-refractivity contribution in [3.05, 3.63) is 45.9 Å². The molecule has 1 N–H and O–H groups in total. The number of aliphatic imine (C=N–C) groups is 1. The molecule has 1 amide bonds. The minimum Gasteiger partial charge on any atom is -0.375 e. The van der Waals surface area contributed by atoms with Crippen LogP contribution in [0.15, 0.2) is 34.6 Å². The van der Waals surface area contributed by atoms with Crippen LogP contribution in [0.3, 0.4) is 0 Å². The molecule has 9 heteroatoms. The van der Waals surface area contributed by atoms with Crippen molar-refractivity contribution in [2.75, 3.05) is 38.7 Å². The van der Waals surface area contributed by atoms with Gasteiger partial charge in [0.1, 0.15) is 17.7 Å². The third kappa shape index (κ3) is 5.92. The van der Waals surface area contributed by atoms with Crippen LogP contribution in [0.1, 0.15) is 36.2 Å². The van der Waals surface area contributed by atoms with Crippen LogP contribution in [-0.4, -0.2) is 55.5 Å². The van der Waals surface area contributed by atoms with Crippen molar-refractivity contribution in [3.63, 3.8) is 0 Å². The molecule has 3 rings (SSSR count). The van der Waals surface area contributed by atoms with Gasteiger partial charge in [0, 0.05) is 38.3 Å². The Kier molecular flexibility index (Phi) is 9.50. The number of fused-ring (bicyclic) bond motifs is 1. The van der Waals surface area contributed by atoms with Gasteiger partial charge in [-0.2, -0.15) is 0 Å². The number of nitrogens with zero attached hydrogens (tertiary/aromatic N) is 4. The summed E-state index contributed by atoms with van der Waals surface area (Å²) in [7, 11) is 3.64. The van der Waals surface area contributed by atoms with Crippen molar-refractivity contribution in [2.24, 2.45) is 4.99 Å². The summed E-state index contributed by atoms with van der Waals surface area (Å²) in [4.78, 5) is 25.8. The fraction of sp³-hybridized carbons (Fsp3) is 0.476. The van der Waals surface area contributed by atoms with Gasteiger partial charge in [0.2, 0.25) is 5.91 Å². The monoisotopic (exact) mass is 543 g/mol. The standard InChI is InChI=1S/C21H29N5O2S.HI/c1-5-22-21(25(3)13-17-14-29-20(24-17)15(2)28-4)23-12-19(27)26-11-10-16-8-6-7-9-18(16)26;/h6-9,14-15H,5,10-13H2,1-4H3,(H,22,23);1H. The molecule has 0 saturated heterocycles. The van der Waals surface area contributed by atoms with E-state index in [0.717, 1.165) is 35.9 Å². The van der Waals surface area contributed by atoms with Crippen LogP contribution in [0.25, 0.3) is 0 Å². The van der Waals surface area contributed by atoms with Crippen molar-refractivity contribution in [3.8, 4) is 0 Å². The number of ether oxygens (including phenoxy) is 1. The number of rotatable bonds is 7. The highest BCUT2D eigenvalue weighted by Gasteiger charge is 2.24. The Bertz CT molecular complexity index is 873. The molecular weight excluding hydrogens is 513 g/mol. The summed E-state index contributed by atoms with van der Waals surface area (Å²) >= 11 is 1.59. The number of amides is 1. The van der Waals surface area contributed by atoms with Gasteiger partial charge in [-0.15, -0.1) is 35.3 Å². The van der Waals surface area contributed by atoms with E-state index >= 15 is 0 Å². The summed E-state index contributed by atoms with van der Waals surface area (Å²) < 4.78 is 5.34. The highest BCUT2D eigenvalue weighted by atomic mass is 127. The third-order valence-electron chi connectivity index (χ3n) is 4.92. The lowest BCUT2D eigenvalue weighted by Gasteiger charge is -2.22. The zero-order valence-corrected chi connectivity index (χ0v) is 21.1. The molecular formula is C21H30IN5O2S. The fourth-order valence-electron chi connectivity index (χ4n) is 3.30. The fourth-order valence-corrected chi connectivity index (χ4v) is 4.14. The van der Waals surface area contributed by atoms with Gasteiger partial charge in [0.05, 0.1) is 12.2 Å². The SMILES string of the molecule is CCNC(=NCC(=O)N1CCc2ccccc21)N(C)Cc1csc(C(C)OC)n1.I. The smallest absolute Gasteiger partial charge is 0.248 e. The first-order chi connectivity index (χ1) is 14.0. The molecule has 1 aliphatic heterocycles. The van der Waals surface area contributed by atoms with Crippen LogP contribution in [-0.2, 0) is 22.5 Å². The first kappa shape index (κ1) is 24.5. The number of anilines is 1. The Labute approximate surface area is 199 Å². The number of hydrogen-bond donors (Lipinski definition) is 1. The highest BCUT2D eigenvalue weighted by Crippen LogP contribution is 2.27. The van der Waals surface area contributed by atoms with E-state index in [1.54, 1.807) is 18.4 Å². The van der Waals surface area contributed by atoms with Gasteiger partial charge in [-0.1, -0.05) is 18.2 Å². The number of nitrogens with one attached hydrogen (secondary N) is 1. The van der Waals surface area contributed by atoms with E-state index in [0.29, 0.717) is 12.5 Å². The van der Waals surface area contributed by atoms with E-state index in [9.17, 15) is 4.79 Å². The minimum absolute atomic E-state index is 0. The van der Waals surface area contributed by atoms with Crippen molar-refractivity contribution in [2.45, 2.75) is 32.9 Å². The van der Waals surface area contributed by atoms with E-state index < -0.39 is 0 Å². The number of carbonyl (C=O) groups is 1. The Morgan fingerprint density at radius 2 is 2.20 bits per heavy atom. The Morgan fingerprint density at radius 1 is 1.43 bits per heavy atom. The van der Waals surface area contributed by atoms with E-state index in [-0.39, 0.29) is 42.5 Å². The Morgan fingerprint density at radius 3 is 2.93 bits per heavy atom. The number of hydrogen-bond acceptors (Lipinski definition) is 5. The summed E-state index contributed by atoms with van der Waals surface area (Å²) in [6.45, 7) is 6.18. The van der Waals surface area contributed by atoms with Gasteiger partial charge in [-0.05, 0) is 31.9 Å². The average molecular weight is 543 g/mol. The summed E-state index contributed by atoms with van der Waals surface area (Å²) in [5.74, 6) is 0.714. The average Bonchev–Trinajstić information content (AvgIpc) is 3.37. The first-order valence-electron chi connectivity index (χ1n) is 9.88. The molecule has 7 nitrogen and oxygen atoms in total. The number of halogens is 1. The molecule has 0 bridgehead atoms. The predicted octanol–water partition coefficient (Wildman–Crippen LogP) is 3.46. The molecule has 164 valence electrons. The molecule has 0 fully saturated rings. The zero-order chi connectivity index (χ0) is 20.8. The molecule has 2 aromatic rings. The minimum atomic E-state index is -0.0121. The van der Waals surface area contributed by atoms with Crippen LogP contribution in [0.2, 0.25) is 0 Å². The maximum absolute atomic E-state index is 12.8. The molecule has 1 unspecified atom stereocenters. The normalized spacial score (nSPS) is 14.1. The van der Waals surface area contributed by atoms with Crippen LogP contribution in [0.4, 0.5) is 5.69 Å². The van der Waals surface area contributed by atoms with E-state index in [1.807, 2.05) is 54.3 Å². The maximum atomic E-state index is 12.8. The van der Waals surface area contributed by atoms with Gasteiger partial charge >= 0.3 is 0 Å². The maximum Gasteiger partial charge on any atom is 0.248 e. The lowest BCUT2D eigenvalue weighted by molar-refractivity contribution is -0.117. The molecule has 1 aliphatic rings. The number of carbonyl (C=O) groups excluding carboxylic acids is 1. The van der Waals surface area contributed by atoms with E-state index in [4.69, 9.17) is 4.74 Å². The Balaban J connectivity index is 0.00000320. The molecule has 1 aromatic carbocycles. The summed E-state index contributed by atoms with van der Waals surface area (Å²) in [5.41, 5.74) is 3.19. The van der Waals surface area contributed by atoms with Gasteiger partial charge in [0.15, 0.2) is 5.96 Å². The second kappa shape index (κ2) is 11.6. The van der Waals surface area contributed by atoms with Crippen molar-refractivity contribution in [1.29, 1.82) is 0 Å². The molecule has 1 atom stereocenters. The molecule has 0 aliphatic carbocycles. The van der Waals surface area contributed by atoms with Crippen molar-refractivity contribution in [1.82, 2.24) is 15.2 Å². The molecule has 0 radical (unpaired) electrons. The quantitative estimate of drug-likeness (QED) is 0.329. The van der Waals surface area contributed by atoms with E-state index in [2.05, 4.69) is 21.4 Å². The van der Waals surface area contributed by atoms with Gasteiger partial charge < -0.3 is 19.9 Å². The second-order valence-electron chi connectivity index (χ2n) is 7.01. The van der Waals surface area contributed by atoms with Gasteiger partial charge in [-0.25, -0.2) is 9.98 Å². The number of aromatic nitrogens is 1. The lowest BCUT2D eigenvalue weighted by Crippen LogP contribution is -2.40. The summed E-state index contributed by atoms with van der Waals surface area (Å²) in [6, 6.07) is 8.07. The van der Waals surface area contributed by atoms with Crippen LogP contribution >= 0.6 is 35.3 Å². The molecule has 0 saturated carbocycles. The third-order valence-corrected chi connectivity index (χ3v) is 5.97. The number of methoxy groups -OCH3 is 1. The van der Waals surface area contributed by atoms with Crippen molar-refractivity contribution < 1.29 is 9.53 Å². The number of para-hydroxylation sites is 1. The number of guanidine groups is 1. The predicted molar refractivity (Wildman–Crippen MR) is 133 cm³/mol. The number of thiazole rings is 1. The lowest BCUT2D eigenvalue weighted by atomic mass is 10.2. The van der Waals surface area contributed by atoms with Gasteiger partial charge in [0.25, 0.3) is 0 Å². The number of benzene rings is 1. The molecule has 30 heavy (non-hydrogen) atoms. The van der Waals surface area contributed by atoms with Crippen LogP contribution < -0.4 is 10.2 Å². The van der Waals surface area contributed by atoms with Crippen LogP contribution in [0, 0.1) is 0 Å². The van der Waals surface area contributed by atoms with Crippen LogP contribution in [0.5, 0.6) is 0 Å². The summed E-state index contributed by atoms with van der Waals surface area (Å²) in [5, 5.41) is 6.26. The Hall–Kier alpha value is -1.72. The highest BCUT2D eigenvalue weighted by molar-refractivity contribution is 14.0. The summed E-state index contributed by atoms with van der Waals surface area (Å²) in [6.07, 6.45) is 0.888. The molecule has 1 aromatic heterocycles. The van der Waals surface area contributed by atoms with E-state index in [1.165, 1.54) is 5.56 Å². The topological polar surface area (TPSA) is 70.1 Å². The van der Waals surface area contributed by atoms with Crippen molar-refractivity contribution >= 4 is 52.9 Å². The molecule has 0 spiro atoms. The first-order valence-corrected chi connectivity index (χ1v) is 10.8. The van der Waals surface area contributed by atoms with Gasteiger partial charge in [-0.3, -0.25) is 4.79 Å².